The molecule has 16 heavy (non-hydrogen) atoms. The number of allylic oxidation sites excluding steroid dienone is 1. The van der Waals surface area contributed by atoms with Crippen LogP contribution >= 0.6 is 12.1 Å². The lowest BCUT2D eigenvalue weighted by Gasteiger charge is -2.23. The van der Waals surface area contributed by atoms with E-state index in [-0.39, 0.29) is 11.9 Å². The van der Waals surface area contributed by atoms with Crippen LogP contribution in [-0.2, 0) is 0 Å². The summed E-state index contributed by atoms with van der Waals surface area (Å²) in [7, 11) is 3.33. The van der Waals surface area contributed by atoms with Crippen molar-refractivity contribution in [2.75, 3.05) is 14.1 Å². The first-order chi connectivity index (χ1) is 7.54. The minimum absolute atomic E-state index is 0.00421. The van der Waals surface area contributed by atoms with Gasteiger partial charge in [0.25, 0.3) is 0 Å². The summed E-state index contributed by atoms with van der Waals surface area (Å²) in [5, 5.41) is 7.13. The Labute approximate surface area is 99.1 Å². The van der Waals surface area contributed by atoms with Crippen LogP contribution in [0.2, 0.25) is 0 Å². The van der Waals surface area contributed by atoms with Crippen LogP contribution in [0.4, 0.5) is 4.79 Å². The Hall–Kier alpha value is -1.50. The quantitative estimate of drug-likeness (QED) is 0.577. The van der Waals surface area contributed by atoms with E-state index in [9.17, 15) is 4.79 Å². The monoisotopic (exact) mass is 241 g/mol. The molecule has 1 aliphatic heterocycles. The molecule has 0 aliphatic carbocycles. The van der Waals surface area contributed by atoms with Gasteiger partial charge in [0.05, 0.1) is 5.71 Å². The van der Waals surface area contributed by atoms with Crippen LogP contribution in [-0.4, -0.2) is 41.4 Å². The van der Waals surface area contributed by atoms with E-state index in [1.165, 1.54) is 15.5 Å². The Morgan fingerprint density at radius 3 is 2.88 bits per heavy atom. The number of hydrogen-bond acceptors (Lipinski definition) is 5. The van der Waals surface area contributed by atoms with Crippen LogP contribution in [0.1, 0.15) is 6.92 Å². The average Bonchev–Trinajstić information content (AvgIpc) is 2.28. The van der Waals surface area contributed by atoms with Gasteiger partial charge in [0.2, 0.25) is 0 Å². The predicted molar refractivity (Wildman–Crippen MR) is 66.2 cm³/mol. The van der Waals surface area contributed by atoms with Crippen LogP contribution < -0.4 is 5.43 Å². The molecule has 0 bridgehead atoms. The summed E-state index contributed by atoms with van der Waals surface area (Å²) in [5.41, 5.74) is 3.44. The number of carbonyl (C=O) groups excluding carboxylic acids is 1. The second-order valence-corrected chi connectivity index (χ2v) is 4.25. The maximum absolute atomic E-state index is 11.3. The molecule has 88 valence electrons. The van der Waals surface area contributed by atoms with Crippen LogP contribution in [0.15, 0.2) is 16.7 Å². The van der Waals surface area contributed by atoms with Crippen molar-refractivity contribution in [2.45, 2.75) is 6.92 Å². The number of hydrogen-bond donors (Lipinski definition) is 2. The van der Waals surface area contributed by atoms with Crippen molar-refractivity contribution in [3.63, 3.8) is 0 Å². The maximum atomic E-state index is 11.3. The Bertz CT molecular complexity index is 339. The highest BCUT2D eigenvalue weighted by atomic mass is 32.2. The molecule has 0 saturated carbocycles. The molecule has 1 aliphatic rings. The lowest BCUT2D eigenvalue weighted by molar-refractivity contribution is 0.206. The minimum Gasteiger partial charge on any atom is -0.329 e. The first-order valence-corrected chi connectivity index (χ1v) is 5.48. The summed E-state index contributed by atoms with van der Waals surface area (Å²) in [5.74, 6) is -0.00421. The van der Waals surface area contributed by atoms with Crippen LogP contribution in [0.25, 0.3) is 0 Å². The molecule has 1 unspecified atom stereocenters. The first-order valence-electron chi connectivity index (χ1n) is 4.75. The molecular weight excluding hydrogens is 226 g/mol. The largest absolute Gasteiger partial charge is 0.336 e. The number of nitrogens with zero attached hydrogens (tertiary/aromatic N) is 3. The van der Waals surface area contributed by atoms with Gasteiger partial charge in [-0.3, -0.25) is 0 Å². The summed E-state index contributed by atoms with van der Waals surface area (Å²) >= 11 is 1.13. The van der Waals surface area contributed by atoms with E-state index in [1.807, 2.05) is 6.92 Å². The van der Waals surface area contributed by atoms with Crippen LogP contribution in [0, 0.1) is 11.3 Å². The highest BCUT2D eigenvalue weighted by Gasteiger charge is 2.13. The molecule has 2 amide bonds. The summed E-state index contributed by atoms with van der Waals surface area (Å²) in [6.07, 6.45) is 4.83. The number of urea groups is 1. The summed E-state index contributed by atoms with van der Waals surface area (Å²) < 4.78 is 5.70. The SMILES string of the molecule is CC(C=N)C1=NSN(NC(=O)N(C)C)C=C1. The van der Waals surface area contributed by atoms with E-state index in [0.29, 0.717) is 0 Å². The molecular formula is C9H15N5OS. The highest BCUT2D eigenvalue weighted by molar-refractivity contribution is 7.96. The molecule has 7 heteroatoms. The van der Waals surface area contributed by atoms with E-state index < -0.39 is 0 Å². The number of amides is 2. The molecule has 1 heterocycles. The van der Waals surface area contributed by atoms with Gasteiger partial charge >= 0.3 is 6.03 Å². The molecule has 0 saturated heterocycles. The van der Waals surface area contributed by atoms with Crippen LogP contribution in [0.3, 0.4) is 0 Å². The van der Waals surface area contributed by atoms with Crippen molar-refractivity contribution in [1.82, 2.24) is 14.7 Å². The number of rotatable bonds is 3. The molecule has 0 aromatic carbocycles. The fraction of sp³-hybridized carbons (Fsp3) is 0.444. The van der Waals surface area contributed by atoms with Crippen molar-refractivity contribution in [1.29, 1.82) is 5.41 Å². The molecule has 2 N–H and O–H groups in total. The molecule has 0 radical (unpaired) electrons. The Kier molecular flexibility index (Phi) is 4.36. The fourth-order valence-electron chi connectivity index (χ4n) is 0.865. The maximum Gasteiger partial charge on any atom is 0.336 e. The predicted octanol–water partition coefficient (Wildman–Crippen LogP) is 1.29. The lowest BCUT2D eigenvalue weighted by Crippen LogP contribution is -2.41. The number of carbonyl (C=O) groups is 1. The number of hydrazine groups is 1. The average molecular weight is 241 g/mol. The first kappa shape index (κ1) is 12.6. The highest BCUT2D eigenvalue weighted by Crippen LogP contribution is 2.17. The molecule has 0 spiro atoms. The Morgan fingerprint density at radius 1 is 1.75 bits per heavy atom. The summed E-state index contributed by atoms with van der Waals surface area (Å²) in [6, 6.07) is -0.212. The van der Waals surface area contributed by atoms with Gasteiger partial charge in [-0.1, -0.05) is 6.92 Å². The second-order valence-electron chi connectivity index (χ2n) is 3.51. The molecule has 1 rings (SSSR count). The van der Waals surface area contributed by atoms with Crippen molar-refractivity contribution >= 4 is 30.1 Å². The topological polar surface area (TPSA) is 71.8 Å². The molecule has 0 fully saturated rings. The van der Waals surface area contributed by atoms with Crippen molar-refractivity contribution < 1.29 is 4.79 Å². The van der Waals surface area contributed by atoms with E-state index in [4.69, 9.17) is 5.41 Å². The lowest BCUT2D eigenvalue weighted by atomic mass is 10.1. The summed E-state index contributed by atoms with van der Waals surface area (Å²) in [4.78, 5) is 12.8. The minimum atomic E-state index is -0.212. The number of nitrogens with one attached hydrogen (secondary N) is 2. The van der Waals surface area contributed by atoms with E-state index >= 15 is 0 Å². The van der Waals surface area contributed by atoms with E-state index in [2.05, 4.69) is 9.82 Å². The zero-order valence-electron chi connectivity index (χ0n) is 9.47. The molecule has 1 atom stereocenters. The van der Waals surface area contributed by atoms with E-state index in [1.54, 1.807) is 26.4 Å². The molecule has 6 nitrogen and oxygen atoms in total. The van der Waals surface area contributed by atoms with Crippen LogP contribution in [0.5, 0.6) is 0 Å². The zero-order chi connectivity index (χ0) is 12.1. The van der Waals surface area contributed by atoms with Gasteiger partial charge in [-0.05, 0) is 6.08 Å². The second kappa shape index (κ2) is 5.55. The molecule has 0 aromatic heterocycles. The third-order valence-electron chi connectivity index (χ3n) is 1.94. The standard InChI is InChI=1S/C9H15N5OS/c1-7(6-10)8-4-5-14(16-12-8)11-9(15)13(2)3/h4-7,10H,1-3H3,(H,11,15). The van der Waals surface area contributed by atoms with Gasteiger partial charge in [-0.2, -0.15) is 4.40 Å². The normalized spacial score (nSPS) is 16.4. The molecule has 0 aromatic rings. The Morgan fingerprint density at radius 2 is 2.44 bits per heavy atom. The smallest absolute Gasteiger partial charge is 0.329 e. The van der Waals surface area contributed by atoms with Gasteiger partial charge in [0, 0.05) is 32.4 Å². The van der Waals surface area contributed by atoms with Gasteiger partial charge in [-0.25, -0.2) is 14.6 Å². The van der Waals surface area contributed by atoms with Gasteiger partial charge in [0.1, 0.15) is 12.1 Å². The fourth-order valence-corrected chi connectivity index (χ4v) is 1.51. The third-order valence-corrected chi connectivity index (χ3v) is 2.62. The third kappa shape index (κ3) is 3.27. The Balaban J connectivity index is 2.50. The van der Waals surface area contributed by atoms with E-state index in [0.717, 1.165) is 17.8 Å². The van der Waals surface area contributed by atoms with Crippen molar-refractivity contribution in [3.05, 3.63) is 12.3 Å². The van der Waals surface area contributed by atoms with Gasteiger partial charge in [-0.15, -0.1) is 0 Å². The van der Waals surface area contributed by atoms with Gasteiger partial charge < -0.3 is 10.3 Å². The zero-order valence-corrected chi connectivity index (χ0v) is 10.3. The summed E-state index contributed by atoms with van der Waals surface area (Å²) in [6.45, 7) is 1.89. The van der Waals surface area contributed by atoms with Crippen molar-refractivity contribution in [3.8, 4) is 0 Å². The van der Waals surface area contributed by atoms with Crippen molar-refractivity contribution in [2.24, 2.45) is 10.3 Å². The van der Waals surface area contributed by atoms with Gasteiger partial charge in [0.15, 0.2) is 0 Å².